The van der Waals surface area contributed by atoms with Crippen LogP contribution in [-0.4, -0.2) is 66.7 Å². The van der Waals surface area contributed by atoms with E-state index in [2.05, 4.69) is 10.3 Å². The Hall–Kier alpha value is -4.48. The fourth-order valence-corrected chi connectivity index (χ4v) is 3.89. The van der Waals surface area contributed by atoms with Gasteiger partial charge in [-0.2, -0.15) is 0 Å². The first-order chi connectivity index (χ1) is 18.1. The Balaban J connectivity index is 1.87. The highest BCUT2D eigenvalue weighted by molar-refractivity contribution is 5.98. The van der Waals surface area contributed by atoms with Crippen molar-refractivity contribution in [3.05, 3.63) is 53.9 Å². The van der Waals surface area contributed by atoms with Crippen LogP contribution in [-0.2, 0) is 39.8 Å². The molecule has 1 amide bonds. The van der Waals surface area contributed by atoms with Crippen LogP contribution in [0.1, 0.15) is 36.8 Å². The maximum Gasteiger partial charge on any atom is 0.332 e. The molecule has 1 aromatic heterocycles. The molecule has 0 radical (unpaired) electrons. The summed E-state index contributed by atoms with van der Waals surface area (Å²) < 4.78 is 26.5. The number of methoxy groups -OCH3 is 1. The highest BCUT2D eigenvalue weighted by Gasteiger charge is 2.41. The van der Waals surface area contributed by atoms with Gasteiger partial charge in [-0.15, -0.1) is 0 Å². The van der Waals surface area contributed by atoms with E-state index in [1.165, 1.54) is 33.2 Å². The summed E-state index contributed by atoms with van der Waals surface area (Å²) in [6.45, 7) is 3.22. The topological polar surface area (TPSA) is 156 Å². The lowest BCUT2D eigenvalue weighted by Crippen LogP contribution is -2.46. The quantitative estimate of drug-likeness (QED) is 0.409. The van der Waals surface area contributed by atoms with Crippen LogP contribution in [0.25, 0.3) is 0 Å². The molecule has 0 saturated carbocycles. The Morgan fingerprint density at radius 2 is 1.76 bits per heavy atom. The molecule has 12 heteroatoms. The molecular weight excluding hydrogens is 500 g/mol. The number of nitrogens with one attached hydrogen (secondary N) is 1. The van der Waals surface area contributed by atoms with Crippen LogP contribution in [0.4, 0.5) is 0 Å². The Morgan fingerprint density at radius 3 is 2.39 bits per heavy atom. The number of aromatic nitrogens is 1. The number of ether oxygens (including phenoxy) is 5. The van der Waals surface area contributed by atoms with Crippen LogP contribution in [0.3, 0.4) is 0 Å². The Morgan fingerprint density at radius 1 is 1.05 bits per heavy atom. The summed E-state index contributed by atoms with van der Waals surface area (Å²) in [4.78, 5) is 66.5. The fourth-order valence-electron chi connectivity index (χ4n) is 3.89. The standard InChI is InChI=1S/C26H28N2O10/c1-14-22(37-15(2)29)18(12-17-8-6-5-7-9-17)25(32)35-13-19(26(33)36-14)28-24(31)21-23(38-16(3)30)20(34-4)10-11-27-21/h5-11,14,18-19,22H,12-13H2,1-4H3,(H,28,31)/t14-,18+,19?,22?/m0/s1. The number of carbonyl (C=O) groups is 5. The molecule has 0 spiro atoms. The molecule has 202 valence electrons. The van der Waals surface area contributed by atoms with Gasteiger partial charge in [-0.3, -0.25) is 19.2 Å². The second kappa shape index (κ2) is 12.7. The molecule has 1 N–H and O–H groups in total. The van der Waals surface area contributed by atoms with Gasteiger partial charge >= 0.3 is 23.9 Å². The fraction of sp³-hybridized carbons (Fsp3) is 0.385. The van der Waals surface area contributed by atoms with Gasteiger partial charge < -0.3 is 29.0 Å². The zero-order chi connectivity index (χ0) is 27.8. The summed E-state index contributed by atoms with van der Waals surface area (Å²) in [6.07, 6.45) is -0.802. The first kappa shape index (κ1) is 28.1. The minimum atomic E-state index is -1.44. The molecule has 2 heterocycles. The molecule has 1 saturated heterocycles. The van der Waals surface area contributed by atoms with Crippen molar-refractivity contribution in [2.24, 2.45) is 5.92 Å². The third kappa shape index (κ3) is 7.05. The maximum atomic E-state index is 13.1. The SMILES string of the molecule is COc1ccnc(C(=O)NC2COC(=O)[C@H](Cc3ccccc3)C(OC(C)=O)[C@H](C)OC2=O)c1OC(C)=O. The predicted octanol–water partition coefficient (Wildman–Crippen LogP) is 1.39. The van der Waals surface area contributed by atoms with Crippen molar-refractivity contribution in [2.75, 3.05) is 13.7 Å². The Kier molecular flexibility index (Phi) is 9.36. The lowest BCUT2D eigenvalue weighted by Gasteiger charge is -2.28. The number of pyridine rings is 1. The highest BCUT2D eigenvalue weighted by Crippen LogP contribution is 2.30. The third-order valence-electron chi connectivity index (χ3n) is 5.60. The van der Waals surface area contributed by atoms with E-state index in [-0.39, 0.29) is 23.6 Å². The first-order valence-electron chi connectivity index (χ1n) is 11.7. The van der Waals surface area contributed by atoms with Crippen LogP contribution in [0.2, 0.25) is 0 Å². The van der Waals surface area contributed by atoms with Crippen molar-refractivity contribution in [3.63, 3.8) is 0 Å². The molecule has 1 aliphatic heterocycles. The van der Waals surface area contributed by atoms with Crippen LogP contribution in [0.5, 0.6) is 11.5 Å². The van der Waals surface area contributed by atoms with Gasteiger partial charge in [-0.05, 0) is 18.9 Å². The second-order valence-electron chi connectivity index (χ2n) is 8.45. The number of hydrogen-bond acceptors (Lipinski definition) is 11. The summed E-state index contributed by atoms with van der Waals surface area (Å²) in [6, 6.07) is 8.94. The molecule has 1 aliphatic rings. The predicted molar refractivity (Wildman–Crippen MR) is 129 cm³/mol. The molecule has 0 bridgehead atoms. The van der Waals surface area contributed by atoms with E-state index in [1.807, 2.05) is 6.07 Å². The first-order valence-corrected chi connectivity index (χ1v) is 11.7. The largest absolute Gasteiger partial charge is 0.493 e. The van der Waals surface area contributed by atoms with E-state index >= 15 is 0 Å². The zero-order valence-corrected chi connectivity index (χ0v) is 21.3. The molecule has 2 unspecified atom stereocenters. The third-order valence-corrected chi connectivity index (χ3v) is 5.60. The van der Waals surface area contributed by atoms with Crippen molar-refractivity contribution < 1.29 is 47.7 Å². The number of hydrogen-bond donors (Lipinski definition) is 1. The summed E-state index contributed by atoms with van der Waals surface area (Å²) in [5.74, 6) is -5.18. The Bertz CT molecular complexity index is 1200. The van der Waals surface area contributed by atoms with Gasteiger partial charge in [0.1, 0.15) is 18.6 Å². The van der Waals surface area contributed by atoms with Gasteiger partial charge in [0.05, 0.1) is 7.11 Å². The van der Waals surface area contributed by atoms with Crippen LogP contribution >= 0.6 is 0 Å². The second-order valence-corrected chi connectivity index (χ2v) is 8.45. The van der Waals surface area contributed by atoms with E-state index in [1.54, 1.807) is 24.3 Å². The van der Waals surface area contributed by atoms with E-state index in [0.29, 0.717) is 0 Å². The smallest absolute Gasteiger partial charge is 0.332 e. The van der Waals surface area contributed by atoms with Crippen molar-refractivity contribution in [1.29, 1.82) is 0 Å². The summed E-state index contributed by atoms with van der Waals surface area (Å²) in [7, 11) is 1.31. The van der Waals surface area contributed by atoms with Crippen LogP contribution in [0.15, 0.2) is 42.6 Å². The van der Waals surface area contributed by atoms with E-state index in [0.717, 1.165) is 12.5 Å². The van der Waals surface area contributed by atoms with Gasteiger partial charge in [0.25, 0.3) is 5.91 Å². The van der Waals surface area contributed by atoms with Gasteiger partial charge in [0.2, 0.25) is 5.75 Å². The molecule has 3 rings (SSSR count). The van der Waals surface area contributed by atoms with Gasteiger partial charge in [0, 0.05) is 26.1 Å². The number of benzene rings is 1. The minimum absolute atomic E-state index is 0.0606. The summed E-state index contributed by atoms with van der Waals surface area (Å²) >= 11 is 0. The number of carbonyl (C=O) groups excluding carboxylic acids is 5. The van der Waals surface area contributed by atoms with Crippen LogP contribution < -0.4 is 14.8 Å². The molecule has 38 heavy (non-hydrogen) atoms. The van der Waals surface area contributed by atoms with Crippen LogP contribution in [0, 0.1) is 5.92 Å². The van der Waals surface area contributed by atoms with Gasteiger partial charge in [0.15, 0.2) is 23.6 Å². The molecule has 0 aliphatic carbocycles. The molecule has 2 aromatic rings. The number of cyclic esters (lactones) is 2. The minimum Gasteiger partial charge on any atom is -0.493 e. The molecule has 12 nitrogen and oxygen atoms in total. The number of nitrogens with zero attached hydrogens (tertiary/aromatic N) is 1. The summed E-state index contributed by atoms with van der Waals surface area (Å²) in [5.41, 5.74) is 0.433. The normalized spacial score (nSPS) is 21.5. The van der Waals surface area contributed by atoms with Gasteiger partial charge in [-0.25, -0.2) is 9.78 Å². The van der Waals surface area contributed by atoms with E-state index < -0.39 is 60.6 Å². The number of amides is 1. The van der Waals surface area contributed by atoms with Crippen molar-refractivity contribution in [3.8, 4) is 11.5 Å². The lowest BCUT2D eigenvalue weighted by molar-refractivity contribution is -0.173. The van der Waals surface area contributed by atoms with Gasteiger partial charge in [-0.1, -0.05) is 30.3 Å². The van der Waals surface area contributed by atoms with Crippen molar-refractivity contribution in [1.82, 2.24) is 10.3 Å². The zero-order valence-electron chi connectivity index (χ0n) is 21.3. The maximum absolute atomic E-state index is 13.1. The summed E-state index contributed by atoms with van der Waals surface area (Å²) in [5, 5.41) is 2.40. The average molecular weight is 529 g/mol. The molecule has 1 fully saturated rings. The monoisotopic (exact) mass is 528 g/mol. The van der Waals surface area contributed by atoms with E-state index in [4.69, 9.17) is 23.7 Å². The lowest BCUT2D eigenvalue weighted by atomic mass is 9.91. The van der Waals surface area contributed by atoms with E-state index in [9.17, 15) is 24.0 Å². The number of rotatable bonds is 7. The van der Waals surface area contributed by atoms with Crippen molar-refractivity contribution >= 4 is 29.8 Å². The Labute approximate surface area is 218 Å². The molecule has 4 atom stereocenters. The van der Waals surface area contributed by atoms with Crippen molar-refractivity contribution in [2.45, 2.75) is 45.4 Å². The average Bonchev–Trinajstić information content (AvgIpc) is 2.90. The molecular formula is C26H28N2O10. The molecule has 1 aromatic carbocycles. The number of esters is 4. The highest BCUT2D eigenvalue weighted by atomic mass is 16.6.